The molecule has 2 aliphatic rings. The van der Waals surface area contributed by atoms with Crippen LogP contribution in [0, 0.1) is 0 Å². The number of aromatic nitrogens is 1. The lowest BCUT2D eigenvalue weighted by Gasteiger charge is -2.33. The molecule has 0 amide bonds. The van der Waals surface area contributed by atoms with Crippen LogP contribution in [0.15, 0.2) is 42.5 Å². The lowest BCUT2D eigenvalue weighted by atomic mass is 9.94. The number of halogens is 1. The third-order valence-corrected chi connectivity index (χ3v) is 7.43. The van der Waals surface area contributed by atoms with Crippen LogP contribution in [-0.2, 0) is 17.8 Å². The quantitative estimate of drug-likeness (QED) is 0.570. The van der Waals surface area contributed by atoms with Crippen molar-refractivity contribution in [2.45, 2.75) is 50.2 Å². The number of aliphatic carboxylic acids is 1. The van der Waals surface area contributed by atoms with Gasteiger partial charge in [-0.15, -0.1) is 0 Å². The second kappa shape index (κ2) is 7.88. The zero-order valence-electron chi connectivity index (χ0n) is 17.8. The van der Waals surface area contributed by atoms with E-state index in [1.165, 1.54) is 23.1 Å². The van der Waals surface area contributed by atoms with Gasteiger partial charge in [0.05, 0.1) is 13.5 Å². The van der Waals surface area contributed by atoms with Crippen LogP contribution >= 0.6 is 11.6 Å². The van der Waals surface area contributed by atoms with Crippen molar-refractivity contribution < 1.29 is 14.6 Å². The van der Waals surface area contributed by atoms with Gasteiger partial charge in [-0.1, -0.05) is 23.7 Å². The van der Waals surface area contributed by atoms with Crippen molar-refractivity contribution in [2.24, 2.45) is 0 Å². The van der Waals surface area contributed by atoms with Gasteiger partial charge in [0, 0.05) is 52.6 Å². The average molecular weight is 439 g/mol. The molecule has 0 spiro atoms. The van der Waals surface area contributed by atoms with Gasteiger partial charge in [-0.2, -0.15) is 0 Å². The Balaban J connectivity index is 1.62. The average Bonchev–Trinajstić information content (AvgIpc) is 3.16. The van der Waals surface area contributed by atoms with Crippen molar-refractivity contribution in [3.63, 3.8) is 0 Å². The smallest absolute Gasteiger partial charge is 0.304 e. The van der Waals surface area contributed by atoms with Crippen LogP contribution in [0.5, 0.6) is 5.75 Å². The van der Waals surface area contributed by atoms with Gasteiger partial charge < -0.3 is 14.4 Å². The fraction of sp³-hybridized carbons (Fsp3) is 0.400. The molecule has 3 atom stereocenters. The number of likely N-dealkylation sites (N-methyl/N-ethyl adjacent to an activating group) is 1. The van der Waals surface area contributed by atoms with E-state index in [4.69, 9.17) is 16.3 Å². The van der Waals surface area contributed by atoms with Crippen LogP contribution in [0.2, 0.25) is 5.02 Å². The summed E-state index contributed by atoms with van der Waals surface area (Å²) in [4.78, 5) is 14.2. The lowest BCUT2D eigenvalue weighted by Crippen LogP contribution is -2.34. The molecule has 1 aromatic heterocycles. The van der Waals surface area contributed by atoms with Crippen molar-refractivity contribution in [3.8, 4) is 5.75 Å². The van der Waals surface area contributed by atoms with Gasteiger partial charge in [-0.05, 0) is 61.3 Å². The van der Waals surface area contributed by atoms with E-state index in [1.54, 1.807) is 7.11 Å². The first-order chi connectivity index (χ1) is 15.0. The molecule has 5 rings (SSSR count). The second-order valence-corrected chi connectivity index (χ2v) is 9.25. The Labute approximate surface area is 187 Å². The molecular formula is C25H27ClN2O3. The Kier molecular flexibility index (Phi) is 5.19. The summed E-state index contributed by atoms with van der Waals surface area (Å²) in [5, 5.41) is 11.6. The molecule has 1 N–H and O–H groups in total. The highest BCUT2D eigenvalue weighted by atomic mass is 35.5. The van der Waals surface area contributed by atoms with Crippen molar-refractivity contribution in [1.82, 2.24) is 9.47 Å². The van der Waals surface area contributed by atoms with Crippen LogP contribution in [0.1, 0.15) is 48.0 Å². The van der Waals surface area contributed by atoms with E-state index in [1.807, 2.05) is 30.3 Å². The molecule has 0 aliphatic carbocycles. The van der Waals surface area contributed by atoms with Crippen molar-refractivity contribution in [3.05, 3.63) is 64.3 Å². The maximum atomic E-state index is 11.7. The molecule has 1 fully saturated rings. The minimum atomic E-state index is -0.783. The van der Waals surface area contributed by atoms with Crippen LogP contribution in [0.4, 0.5) is 0 Å². The Hall–Kier alpha value is -2.50. The fourth-order valence-corrected chi connectivity index (χ4v) is 5.80. The number of carboxylic acid groups (broad SMARTS) is 1. The molecule has 0 radical (unpaired) electrons. The van der Waals surface area contributed by atoms with Crippen LogP contribution in [0.25, 0.3) is 10.9 Å². The summed E-state index contributed by atoms with van der Waals surface area (Å²) in [6.07, 6.45) is 3.45. The number of nitrogens with zero attached hydrogens (tertiary/aromatic N) is 2. The van der Waals surface area contributed by atoms with E-state index in [9.17, 15) is 9.90 Å². The molecule has 162 valence electrons. The van der Waals surface area contributed by atoms with Crippen molar-refractivity contribution >= 4 is 28.5 Å². The summed E-state index contributed by atoms with van der Waals surface area (Å²) < 4.78 is 7.65. The van der Waals surface area contributed by atoms with E-state index >= 15 is 0 Å². The first kappa shape index (κ1) is 20.4. The summed E-state index contributed by atoms with van der Waals surface area (Å²) >= 11 is 6.39. The number of hydrogen-bond acceptors (Lipinski definition) is 3. The van der Waals surface area contributed by atoms with E-state index in [2.05, 4.69) is 28.6 Å². The molecule has 3 heterocycles. The van der Waals surface area contributed by atoms with Crippen molar-refractivity contribution in [2.75, 3.05) is 14.2 Å². The standard InChI is InChI=1S/C25H27ClN2O3/c1-27-18-6-10-22(27)25-20-12-17(26)5-9-21(20)28(23(25)13-18)14-16(11-24(29)30)15-3-7-19(31-2)8-4-15/h3-5,7-9,12,16,18,22H,6,10-11,13-14H2,1-2H3,(H,29,30). The molecule has 2 aliphatic heterocycles. The first-order valence-electron chi connectivity index (χ1n) is 10.8. The SMILES string of the molecule is COc1ccc(C(CC(=O)O)Cn2c3c(c4cc(Cl)ccc42)C2CCC(C3)N2C)cc1. The maximum Gasteiger partial charge on any atom is 0.304 e. The third kappa shape index (κ3) is 3.50. The number of methoxy groups -OCH3 is 1. The van der Waals surface area contributed by atoms with Gasteiger partial charge in [-0.3, -0.25) is 9.69 Å². The molecule has 2 bridgehead atoms. The zero-order valence-corrected chi connectivity index (χ0v) is 18.6. The molecule has 3 unspecified atom stereocenters. The normalized spacial score (nSPS) is 21.3. The summed E-state index contributed by atoms with van der Waals surface area (Å²) in [5.74, 6) is -0.138. The van der Waals surface area contributed by atoms with Gasteiger partial charge in [0.2, 0.25) is 0 Å². The molecule has 3 aromatic rings. The third-order valence-electron chi connectivity index (χ3n) is 7.19. The van der Waals surface area contributed by atoms with Gasteiger partial charge in [0.15, 0.2) is 0 Å². The predicted molar refractivity (Wildman–Crippen MR) is 122 cm³/mol. The number of hydrogen-bond donors (Lipinski definition) is 1. The number of carbonyl (C=O) groups is 1. The molecule has 5 nitrogen and oxygen atoms in total. The largest absolute Gasteiger partial charge is 0.497 e. The Bertz CT molecular complexity index is 1140. The van der Waals surface area contributed by atoms with E-state index in [0.29, 0.717) is 18.6 Å². The lowest BCUT2D eigenvalue weighted by molar-refractivity contribution is -0.137. The van der Waals surface area contributed by atoms with E-state index < -0.39 is 5.97 Å². The van der Waals surface area contributed by atoms with E-state index in [-0.39, 0.29) is 12.3 Å². The van der Waals surface area contributed by atoms with Crippen LogP contribution in [-0.4, -0.2) is 40.7 Å². The molecule has 31 heavy (non-hydrogen) atoms. The zero-order chi connectivity index (χ0) is 21.7. The van der Waals surface area contributed by atoms with Gasteiger partial charge >= 0.3 is 5.97 Å². The monoisotopic (exact) mass is 438 g/mol. The number of benzene rings is 2. The highest BCUT2D eigenvalue weighted by molar-refractivity contribution is 6.31. The summed E-state index contributed by atoms with van der Waals surface area (Å²) in [5.41, 5.74) is 4.91. The molecule has 0 saturated carbocycles. The number of ether oxygens (including phenoxy) is 1. The minimum absolute atomic E-state index is 0.0844. The molecule has 2 aromatic carbocycles. The number of fused-ring (bicyclic) bond motifs is 6. The van der Waals surface area contributed by atoms with E-state index in [0.717, 1.165) is 34.7 Å². The second-order valence-electron chi connectivity index (χ2n) is 8.82. The highest BCUT2D eigenvalue weighted by Gasteiger charge is 2.41. The molecular weight excluding hydrogens is 412 g/mol. The topological polar surface area (TPSA) is 54.7 Å². The van der Waals surface area contributed by atoms with Gasteiger partial charge in [-0.25, -0.2) is 0 Å². The highest BCUT2D eigenvalue weighted by Crippen LogP contribution is 2.47. The Morgan fingerprint density at radius 3 is 2.71 bits per heavy atom. The summed E-state index contributed by atoms with van der Waals surface area (Å²) in [7, 11) is 3.86. The minimum Gasteiger partial charge on any atom is -0.497 e. The van der Waals surface area contributed by atoms with Crippen molar-refractivity contribution in [1.29, 1.82) is 0 Å². The Morgan fingerprint density at radius 2 is 2.00 bits per heavy atom. The van der Waals surface area contributed by atoms with Gasteiger partial charge in [0.1, 0.15) is 5.75 Å². The maximum absolute atomic E-state index is 11.7. The number of rotatable bonds is 6. The molecule has 6 heteroatoms. The summed E-state index contributed by atoms with van der Waals surface area (Å²) in [6.45, 7) is 0.634. The predicted octanol–water partition coefficient (Wildman–Crippen LogP) is 5.25. The summed E-state index contributed by atoms with van der Waals surface area (Å²) in [6, 6.07) is 14.9. The van der Waals surface area contributed by atoms with Gasteiger partial charge in [0.25, 0.3) is 0 Å². The molecule has 1 saturated heterocycles. The fourth-order valence-electron chi connectivity index (χ4n) is 5.63. The van der Waals surface area contributed by atoms with Crippen LogP contribution in [0.3, 0.4) is 0 Å². The number of carboxylic acids is 1. The first-order valence-corrected chi connectivity index (χ1v) is 11.2. The Morgan fingerprint density at radius 1 is 1.23 bits per heavy atom. The van der Waals surface area contributed by atoms with Crippen LogP contribution < -0.4 is 4.74 Å².